The maximum atomic E-state index is 10.9. The minimum atomic E-state index is -0.937. The number of aromatic carboxylic acids is 1. The summed E-state index contributed by atoms with van der Waals surface area (Å²) in [5.41, 5.74) is 3.01. The van der Waals surface area contributed by atoms with Gasteiger partial charge in [0.15, 0.2) is 0 Å². The SMILES string of the molecule is Cc1cnn(CCn2cnc3cc(C(=O)O)ccc32)c1. The highest BCUT2D eigenvalue weighted by atomic mass is 16.4. The van der Waals surface area contributed by atoms with E-state index in [1.165, 1.54) is 0 Å². The summed E-state index contributed by atoms with van der Waals surface area (Å²) in [6.07, 6.45) is 5.54. The van der Waals surface area contributed by atoms with Crippen LogP contribution in [-0.2, 0) is 13.1 Å². The van der Waals surface area contributed by atoms with Gasteiger partial charge in [-0.1, -0.05) is 0 Å². The van der Waals surface area contributed by atoms with Gasteiger partial charge in [-0.3, -0.25) is 4.68 Å². The minimum Gasteiger partial charge on any atom is -0.478 e. The minimum absolute atomic E-state index is 0.255. The Morgan fingerprint density at radius 2 is 2.20 bits per heavy atom. The lowest BCUT2D eigenvalue weighted by molar-refractivity contribution is 0.0697. The molecule has 6 nitrogen and oxygen atoms in total. The van der Waals surface area contributed by atoms with Crippen LogP contribution in [0.1, 0.15) is 15.9 Å². The van der Waals surface area contributed by atoms with Crippen LogP contribution in [0.5, 0.6) is 0 Å². The summed E-state index contributed by atoms with van der Waals surface area (Å²) in [5.74, 6) is -0.937. The van der Waals surface area contributed by atoms with E-state index in [9.17, 15) is 4.79 Å². The fraction of sp³-hybridized carbons (Fsp3) is 0.214. The van der Waals surface area contributed by atoms with Crippen molar-refractivity contribution in [2.45, 2.75) is 20.0 Å². The number of fused-ring (bicyclic) bond motifs is 1. The van der Waals surface area contributed by atoms with Crippen molar-refractivity contribution < 1.29 is 9.90 Å². The van der Waals surface area contributed by atoms with E-state index in [0.717, 1.165) is 24.2 Å². The molecule has 0 spiro atoms. The van der Waals surface area contributed by atoms with E-state index in [4.69, 9.17) is 5.11 Å². The van der Waals surface area contributed by atoms with E-state index in [1.807, 2.05) is 28.6 Å². The van der Waals surface area contributed by atoms with Gasteiger partial charge < -0.3 is 9.67 Å². The van der Waals surface area contributed by atoms with Gasteiger partial charge in [0.05, 0.1) is 35.7 Å². The Morgan fingerprint density at radius 1 is 1.35 bits per heavy atom. The van der Waals surface area contributed by atoms with Crippen LogP contribution >= 0.6 is 0 Å². The number of nitrogens with zero attached hydrogens (tertiary/aromatic N) is 4. The number of rotatable bonds is 4. The summed E-state index contributed by atoms with van der Waals surface area (Å²) in [7, 11) is 0. The number of carboxylic acids is 1. The second kappa shape index (κ2) is 4.80. The molecule has 3 rings (SSSR count). The Kier molecular flexibility index (Phi) is 2.98. The number of hydrogen-bond acceptors (Lipinski definition) is 3. The molecular formula is C14H14N4O2. The van der Waals surface area contributed by atoms with Gasteiger partial charge in [-0.15, -0.1) is 0 Å². The number of benzene rings is 1. The van der Waals surface area contributed by atoms with E-state index in [1.54, 1.807) is 24.5 Å². The fourth-order valence-corrected chi connectivity index (χ4v) is 2.17. The third-order valence-electron chi connectivity index (χ3n) is 3.20. The highest BCUT2D eigenvalue weighted by Gasteiger charge is 2.07. The molecule has 0 unspecified atom stereocenters. The third kappa shape index (κ3) is 2.27. The molecule has 0 fully saturated rings. The van der Waals surface area contributed by atoms with Gasteiger partial charge in [0, 0.05) is 12.7 Å². The van der Waals surface area contributed by atoms with Crippen LogP contribution in [0, 0.1) is 6.92 Å². The van der Waals surface area contributed by atoms with Crippen molar-refractivity contribution in [2.75, 3.05) is 0 Å². The number of aromatic nitrogens is 4. The summed E-state index contributed by atoms with van der Waals surface area (Å²) in [6, 6.07) is 4.98. The first-order valence-corrected chi connectivity index (χ1v) is 6.31. The molecule has 1 N–H and O–H groups in total. The van der Waals surface area contributed by atoms with Gasteiger partial charge in [0.25, 0.3) is 0 Å². The molecule has 2 aromatic heterocycles. The van der Waals surface area contributed by atoms with Crippen LogP contribution in [0.25, 0.3) is 11.0 Å². The molecular weight excluding hydrogens is 256 g/mol. The average molecular weight is 270 g/mol. The summed E-state index contributed by atoms with van der Waals surface area (Å²) in [5, 5.41) is 13.2. The number of hydrogen-bond donors (Lipinski definition) is 1. The first-order chi connectivity index (χ1) is 9.63. The molecule has 20 heavy (non-hydrogen) atoms. The molecule has 6 heteroatoms. The van der Waals surface area contributed by atoms with E-state index in [2.05, 4.69) is 10.1 Å². The van der Waals surface area contributed by atoms with Gasteiger partial charge in [0.2, 0.25) is 0 Å². The summed E-state index contributed by atoms with van der Waals surface area (Å²) >= 11 is 0. The van der Waals surface area contributed by atoms with Crippen LogP contribution in [0.4, 0.5) is 0 Å². The van der Waals surface area contributed by atoms with E-state index in [0.29, 0.717) is 5.52 Å². The number of aryl methyl sites for hydroxylation is 3. The zero-order chi connectivity index (χ0) is 14.1. The molecule has 2 heterocycles. The van der Waals surface area contributed by atoms with E-state index < -0.39 is 5.97 Å². The lowest BCUT2D eigenvalue weighted by atomic mass is 10.2. The fourth-order valence-electron chi connectivity index (χ4n) is 2.17. The smallest absolute Gasteiger partial charge is 0.335 e. The predicted molar refractivity (Wildman–Crippen MR) is 73.7 cm³/mol. The molecule has 3 aromatic rings. The molecule has 0 atom stereocenters. The molecule has 0 aliphatic rings. The molecule has 0 aliphatic carbocycles. The Labute approximate surface area is 115 Å². The lowest BCUT2D eigenvalue weighted by Gasteiger charge is -2.04. The van der Waals surface area contributed by atoms with Crippen molar-refractivity contribution in [3.05, 3.63) is 48.0 Å². The van der Waals surface area contributed by atoms with Crippen LogP contribution in [-0.4, -0.2) is 30.4 Å². The Hall–Kier alpha value is -2.63. The first kappa shape index (κ1) is 12.4. The molecule has 0 saturated heterocycles. The highest BCUT2D eigenvalue weighted by molar-refractivity contribution is 5.92. The number of imidazole rings is 1. The standard InChI is InChI=1S/C14H14N4O2/c1-10-7-16-18(8-10)5-4-17-9-15-12-6-11(14(19)20)2-3-13(12)17/h2-3,6-9H,4-5H2,1H3,(H,19,20). The molecule has 102 valence electrons. The van der Waals surface area contributed by atoms with Crippen molar-refractivity contribution in [1.82, 2.24) is 19.3 Å². The van der Waals surface area contributed by atoms with Gasteiger partial charge in [-0.05, 0) is 30.7 Å². The summed E-state index contributed by atoms with van der Waals surface area (Å²) < 4.78 is 3.88. The quantitative estimate of drug-likeness (QED) is 0.786. The molecule has 0 amide bonds. The normalized spacial score (nSPS) is 11.1. The monoisotopic (exact) mass is 270 g/mol. The molecule has 0 bridgehead atoms. The molecule has 1 aromatic carbocycles. The van der Waals surface area contributed by atoms with Crippen molar-refractivity contribution in [3.63, 3.8) is 0 Å². The largest absolute Gasteiger partial charge is 0.478 e. The van der Waals surface area contributed by atoms with Crippen LogP contribution in [0.3, 0.4) is 0 Å². The zero-order valence-electron chi connectivity index (χ0n) is 11.0. The third-order valence-corrected chi connectivity index (χ3v) is 3.20. The van der Waals surface area contributed by atoms with Crippen LogP contribution < -0.4 is 0 Å². The van der Waals surface area contributed by atoms with Crippen molar-refractivity contribution in [2.24, 2.45) is 0 Å². The van der Waals surface area contributed by atoms with E-state index >= 15 is 0 Å². The zero-order valence-corrected chi connectivity index (χ0v) is 11.0. The maximum absolute atomic E-state index is 10.9. The topological polar surface area (TPSA) is 72.9 Å². The molecule has 0 radical (unpaired) electrons. The average Bonchev–Trinajstić information content (AvgIpc) is 3.02. The number of carboxylic acid groups (broad SMARTS) is 1. The lowest BCUT2D eigenvalue weighted by Crippen LogP contribution is -2.07. The van der Waals surface area contributed by atoms with Gasteiger partial charge in [-0.2, -0.15) is 5.10 Å². The van der Waals surface area contributed by atoms with Crippen molar-refractivity contribution in [1.29, 1.82) is 0 Å². The molecule has 0 saturated carbocycles. The number of carbonyl (C=O) groups is 1. The second-order valence-electron chi connectivity index (χ2n) is 4.73. The Morgan fingerprint density at radius 3 is 2.90 bits per heavy atom. The predicted octanol–water partition coefficient (Wildman–Crippen LogP) is 1.94. The Bertz CT molecular complexity index is 772. The first-order valence-electron chi connectivity index (χ1n) is 6.31. The van der Waals surface area contributed by atoms with Crippen LogP contribution in [0.2, 0.25) is 0 Å². The molecule has 0 aliphatic heterocycles. The Balaban J connectivity index is 1.83. The summed E-state index contributed by atoms with van der Waals surface area (Å²) in [4.78, 5) is 15.2. The van der Waals surface area contributed by atoms with Crippen LogP contribution in [0.15, 0.2) is 36.9 Å². The van der Waals surface area contributed by atoms with Crippen molar-refractivity contribution >= 4 is 17.0 Å². The highest BCUT2D eigenvalue weighted by Crippen LogP contribution is 2.15. The van der Waals surface area contributed by atoms with Gasteiger partial charge >= 0.3 is 5.97 Å². The van der Waals surface area contributed by atoms with Gasteiger partial charge in [-0.25, -0.2) is 9.78 Å². The van der Waals surface area contributed by atoms with Gasteiger partial charge in [0.1, 0.15) is 0 Å². The van der Waals surface area contributed by atoms with Crippen molar-refractivity contribution in [3.8, 4) is 0 Å². The maximum Gasteiger partial charge on any atom is 0.335 e. The van der Waals surface area contributed by atoms with E-state index in [-0.39, 0.29) is 5.56 Å². The summed E-state index contributed by atoms with van der Waals surface area (Å²) in [6.45, 7) is 3.49. The second-order valence-corrected chi connectivity index (χ2v) is 4.73.